The normalized spacial score (nSPS) is 38.9. The van der Waals surface area contributed by atoms with E-state index in [1.807, 2.05) is 18.2 Å². The Bertz CT molecular complexity index is 718. The highest BCUT2D eigenvalue weighted by Gasteiger charge is 2.63. The molecule has 2 saturated carbocycles. The molecule has 0 amide bonds. The lowest BCUT2D eigenvalue weighted by molar-refractivity contribution is -0.150. The number of carbonyl (C=O) groups excluding carboxylic acids is 2. The molecule has 3 nitrogen and oxygen atoms in total. The minimum absolute atomic E-state index is 0.0863. The fraction of sp³-hybridized carbons (Fsp3) is 0.524. The van der Waals surface area contributed by atoms with Crippen molar-refractivity contribution in [3.05, 3.63) is 48.0 Å². The first-order valence-corrected chi connectivity index (χ1v) is 8.81. The SMILES string of the molecule is CC1(C)C[C@@H]2[C@@H]3C=C[C@](C)([C@@H]2C1)[C@@H](OC(=O)c1ccccc1)C3=O. The van der Waals surface area contributed by atoms with Crippen LogP contribution in [0.4, 0.5) is 0 Å². The molecule has 5 atom stereocenters. The number of rotatable bonds is 2. The van der Waals surface area contributed by atoms with E-state index >= 15 is 0 Å². The first-order valence-electron chi connectivity index (χ1n) is 8.81. The van der Waals surface area contributed by atoms with Crippen molar-refractivity contribution in [2.24, 2.45) is 28.6 Å². The zero-order valence-electron chi connectivity index (χ0n) is 14.5. The van der Waals surface area contributed by atoms with Gasteiger partial charge in [-0.05, 0) is 42.2 Å². The number of hydrogen-bond acceptors (Lipinski definition) is 3. The summed E-state index contributed by atoms with van der Waals surface area (Å²) in [5.74, 6) is 0.406. The van der Waals surface area contributed by atoms with Crippen LogP contribution in [0, 0.1) is 28.6 Å². The van der Waals surface area contributed by atoms with Gasteiger partial charge in [0.05, 0.1) is 5.56 Å². The second kappa shape index (κ2) is 5.05. The van der Waals surface area contributed by atoms with Crippen molar-refractivity contribution in [2.45, 2.75) is 39.7 Å². The summed E-state index contributed by atoms with van der Waals surface area (Å²) in [6.07, 6.45) is 5.72. The zero-order valence-corrected chi connectivity index (χ0v) is 14.5. The molecule has 5 rings (SSSR count). The second-order valence-electron chi connectivity index (χ2n) is 8.65. The van der Waals surface area contributed by atoms with Gasteiger partial charge in [-0.3, -0.25) is 4.79 Å². The van der Waals surface area contributed by atoms with E-state index in [0.717, 1.165) is 12.8 Å². The molecule has 0 aromatic heterocycles. The summed E-state index contributed by atoms with van der Waals surface area (Å²) in [5.41, 5.74) is 0.372. The number of allylic oxidation sites excluding steroid dienone is 1. The molecule has 1 aromatic rings. The topological polar surface area (TPSA) is 43.4 Å². The zero-order chi connectivity index (χ0) is 17.1. The van der Waals surface area contributed by atoms with E-state index in [1.54, 1.807) is 12.1 Å². The van der Waals surface area contributed by atoms with Gasteiger partial charge in [0.15, 0.2) is 11.9 Å². The lowest BCUT2D eigenvalue weighted by atomic mass is 9.54. The summed E-state index contributed by atoms with van der Waals surface area (Å²) < 4.78 is 5.76. The van der Waals surface area contributed by atoms with Crippen molar-refractivity contribution in [2.75, 3.05) is 0 Å². The average Bonchev–Trinajstić information content (AvgIpc) is 2.89. The monoisotopic (exact) mass is 324 g/mol. The second-order valence-corrected chi connectivity index (χ2v) is 8.65. The van der Waals surface area contributed by atoms with Gasteiger partial charge in [-0.2, -0.15) is 0 Å². The van der Waals surface area contributed by atoms with Crippen LogP contribution in [-0.4, -0.2) is 17.9 Å². The molecule has 0 radical (unpaired) electrons. The number of esters is 1. The number of carbonyl (C=O) groups is 2. The highest BCUT2D eigenvalue weighted by Crippen LogP contribution is 2.62. The van der Waals surface area contributed by atoms with Crippen molar-refractivity contribution < 1.29 is 14.3 Å². The third-order valence-corrected chi connectivity index (χ3v) is 6.39. The number of fused-ring (bicyclic) bond motifs is 1. The molecule has 2 bridgehead atoms. The Labute approximate surface area is 143 Å². The van der Waals surface area contributed by atoms with Crippen molar-refractivity contribution in [3.63, 3.8) is 0 Å². The summed E-state index contributed by atoms with van der Waals surface area (Å²) in [6.45, 7) is 6.66. The van der Waals surface area contributed by atoms with E-state index in [-0.39, 0.29) is 22.5 Å². The minimum Gasteiger partial charge on any atom is -0.450 e. The number of Topliss-reactive ketones (excluding diaryl/α,β-unsaturated/α-hetero) is 1. The Kier molecular flexibility index (Phi) is 3.28. The van der Waals surface area contributed by atoms with Gasteiger partial charge < -0.3 is 4.74 Å². The first-order chi connectivity index (χ1) is 11.3. The highest BCUT2D eigenvalue weighted by molar-refractivity contribution is 5.96. The summed E-state index contributed by atoms with van der Waals surface area (Å²) in [5, 5.41) is 0. The summed E-state index contributed by atoms with van der Waals surface area (Å²) in [4.78, 5) is 25.5. The van der Waals surface area contributed by atoms with Crippen LogP contribution in [0.3, 0.4) is 0 Å². The number of hydrogen-bond donors (Lipinski definition) is 0. The van der Waals surface area contributed by atoms with Crippen molar-refractivity contribution >= 4 is 11.8 Å². The average molecular weight is 324 g/mol. The van der Waals surface area contributed by atoms with Crippen LogP contribution in [-0.2, 0) is 9.53 Å². The lowest BCUT2D eigenvalue weighted by Gasteiger charge is -2.51. The van der Waals surface area contributed by atoms with Gasteiger partial charge >= 0.3 is 5.97 Å². The third-order valence-electron chi connectivity index (χ3n) is 6.39. The molecule has 3 heteroatoms. The molecule has 1 aromatic carbocycles. The molecule has 0 aliphatic heterocycles. The largest absolute Gasteiger partial charge is 0.450 e. The van der Waals surface area contributed by atoms with E-state index in [2.05, 4.69) is 32.9 Å². The lowest BCUT2D eigenvalue weighted by Crippen LogP contribution is -2.58. The van der Waals surface area contributed by atoms with E-state index < -0.39 is 12.1 Å². The predicted octanol–water partition coefficient (Wildman–Crippen LogP) is 4.04. The highest BCUT2D eigenvalue weighted by atomic mass is 16.5. The predicted molar refractivity (Wildman–Crippen MR) is 91.4 cm³/mol. The molecular formula is C21H24O3. The van der Waals surface area contributed by atoms with Gasteiger partial charge in [0, 0.05) is 11.3 Å². The Morgan fingerprint density at radius 1 is 1.12 bits per heavy atom. The maximum absolute atomic E-state index is 13.0. The molecule has 126 valence electrons. The van der Waals surface area contributed by atoms with Gasteiger partial charge in [0.25, 0.3) is 0 Å². The third kappa shape index (κ3) is 2.17. The molecule has 4 aliphatic carbocycles. The number of ether oxygens (including phenoxy) is 1. The molecule has 0 unspecified atom stereocenters. The Balaban J connectivity index is 1.65. The van der Waals surface area contributed by atoms with E-state index in [1.165, 1.54) is 0 Å². The van der Waals surface area contributed by atoms with Crippen molar-refractivity contribution in [1.82, 2.24) is 0 Å². The summed E-state index contributed by atoms with van der Waals surface area (Å²) in [6, 6.07) is 8.94. The Morgan fingerprint density at radius 3 is 2.54 bits per heavy atom. The standard InChI is InChI=1S/C21H24O3/c1-20(2)11-15-14-9-10-21(3,16(15)12-20)18(17(14)22)24-19(23)13-7-5-4-6-8-13/h4-10,14-16,18H,11-12H2,1-3H3/t14-,15+,16+,18-,21+/m0/s1. The summed E-state index contributed by atoms with van der Waals surface area (Å²) >= 11 is 0. The number of ketones is 1. The molecule has 0 spiro atoms. The van der Waals surface area contributed by atoms with Crippen LogP contribution in [0.2, 0.25) is 0 Å². The van der Waals surface area contributed by atoms with Crippen LogP contribution >= 0.6 is 0 Å². The molecule has 4 aliphatic rings. The maximum atomic E-state index is 13.0. The number of benzene rings is 1. The van der Waals surface area contributed by atoms with Gasteiger partial charge in [-0.1, -0.05) is 51.1 Å². The molecule has 0 heterocycles. The van der Waals surface area contributed by atoms with E-state index in [4.69, 9.17) is 4.74 Å². The first kappa shape index (κ1) is 15.6. The van der Waals surface area contributed by atoms with Crippen molar-refractivity contribution in [1.29, 1.82) is 0 Å². The summed E-state index contributed by atoms with van der Waals surface area (Å²) in [7, 11) is 0. The quantitative estimate of drug-likeness (QED) is 0.609. The molecule has 0 N–H and O–H groups in total. The fourth-order valence-corrected chi connectivity index (χ4v) is 5.25. The van der Waals surface area contributed by atoms with Crippen LogP contribution in [0.1, 0.15) is 44.0 Å². The smallest absolute Gasteiger partial charge is 0.338 e. The van der Waals surface area contributed by atoms with Gasteiger partial charge in [-0.25, -0.2) is 4.79 Å². The maximum Gasteiger partial charge on any atom is 0.338 e. The molecular weight excluding hydrogens is 300 g/mol. The van der Waals surface area contributed by atoms with Gasteiger partial charge in [0.1, 0.15) is 0 Å². The molecule has 24 heavy (non-hydrogen) atoms. The van der Waals surface area contributed by atoms with E-state index in [0.29, 0.717) is 17.4 Å². The Hall–Kier alpha value is -1.90. The Morgan fingerprint density at radius 2 is 1.83 bits per heavy atom. The van der Waals surface area contributed by atoms with Crippen LogP contribution in [0.5, 0.6) is 0 Å². The minimum atomic E-state index is -0.657. The molecule has 0 saturated heterocycles. The van der Waals surface area contributed by atoms with Crippen molar-refractivity contribution in [3.8, 4) is 0 Å². The molecule has 2 fully saturated rings. The fourth-order valence-electron chi connectivity index (χ4n) is 5.25. The van der Waals surface area contributed by atoms with Crippen LogP contribution in [0.25, 0.3) is 0 Å². The van der Waals surface area contributed by atoms with Gasteiger partial charge in [-0.15, -0.1) is 0 Å². The van der Waals surface area contributed by atoms with Gasteiger partial charge in [0.2, 0.25) is 0 Å². The van der Waals surface area contributed by atoms with Crippen LogP contribution in [0.15, 0.2) is 42.5 Å². The van der Waals surface area contributed by atoms with Crippen LogP contribution < -0.4 is 0 Å². The van der Waals surface area contributed by atoms with E-state index in [9.17, 15) is 9.59 Å².